The fraction of sp³-hybridized carbons (Fsp3) is 0.208. The van der Waals surface area contributed by atoms with Crippen LogP contribution >= 0.6 is 11.8 Å². The van der Waals surface area contributed by atoms with Gasteiger partial charge < -0.3 is 9.15 Å². The molecule has 0 aliphatic carbocycles. The molecule has 8 heteroatoms. The highest BCUT2D eigenvalue weighted by atomic mass is 32.2. The summed E-state index contributed by atoms with van der Waals surface area (Å²) in [6.45, 7) is 3.10. The van der Waals surface area contributed by atoms with Crippen molar-refractivity contribution in [2.75, 3.05) is 17.3 Å². The van der Waals surface area contributed by atoms with E-state index < -0.39 is 0 Å². The minimum absolute atomic E-state index is 0.00944. The van der Waals surface area contributed by atoms with Crippen molar-refractivity contribution in [3.05, 3.63) is 78.6 Å². The molecule has 3 heterocycles. The second kappa shape index (κ2) is 8.92. The molecule has 0 fully saturated rings. The molecule has 0 saturated heterocycles. The third-order valence-electron chi connectivity index (χ3n) is 5.39. The van der Waals surface area contributed by atoms with Gasteiger partial charge >= 0.3 is 0 Å². The number of nitrogens with zero attached hydrogens (tertiary/aromatic N) is 4. The van der Waals surface area contributed by atoms with Crippen LogP contribution in [0.5, 0.6) is 5.75 Å². The summed E-state index contributed by atoms with van der Waals surface area (Å²) in [6, 6.07) is 21.1. The van der Waals surface area contributed by atoms with Crippen LogP contribution in [0, 0.1) is 0 Å². The Morgan fingerprint density at radius 1 is 1.06 bits per heavy atom. The van der Waals surface area contributed by atoms with Gasteiger partial charge in [-0.1, -0.05) is 54.2 Å². The number of hydrogen-bond donors (Lipinski definition) is 0. The highest BCUT2D eigenvalue weighted by molar-refractivity contribution is 7.99. The lowest BCUT2D eigenvalue weighted by Gasteiger charge is -2.37. The van der Waals surface area contributed by atoms with E-state index in [1.807, 2.05) is 83.1 Å². The second-order valence-electron chi connectivity index (χ2n) is 7.29. The molecule has 1 atom stereocenters. The molecule has 1 aliphatic rings. The zero-order valence-corrected chi connectivity index (χ0v) is 18.4. The summed E-state index contributed by atoms with van der Waals surface area (Å²) < 4.78 is 13.4. The molecule has 0 bridgehead atoms. The zero-order valence-electron chi connectivity index (χ0n) is 17.5. The number of anilines is 1. The van der Waals surface area contributed by atoms with E-state index in [9.17, 15) is 4.79 Å². The van der Waals surface area contributed by atoms with Crippen LogP contribution in [0.3, 0.4) is 0 Å². The summed E-state index contributed by atoms with van der Waals surface area (Å²) in [5.41, 5.74) is 1.82. The number of para-hydroxylation sites is 2. The molecule has 0 unspecified atom stereocenters. The van der Waals surface area contributed by atoms with Gasteiger partial charge in [0, 0.05) is 6.54 Å². The average molecular weight is 447 g/mol. The third-order valence-corrected chi connectivity index (χ3v) is 6.34. The average Bonchev–Trinajstić information content (AvgIpc) is 3.52. The van der Waals surface area contributed by atoms with Gasteiger partial charge in [-0.25, -0.2) is 0 Å². The largest absolute Gasteiger partial charge is 0.489 e. The van der Waals surface area contributed by atoms with Gasteiger partial charge in [-0.3, -0.25) is 14.3 Å². The first-order chi connectivity index (χ1) is 15.8. The molecule has 0 saturated carbocycles. The molecule has 4 aromatic rings. The van der Waals surface area contributed by atoms with Crippen molar-refractivity contribution in [2.24, 2.45) is 0 Å². The molecule has 2 aromatic heterocycles. The van der Waals surface area contributed by atoms with Crippen LogP contribution in [0.4, 0.5) is 5.69 Å². The molecular formula is C24H22N4O3S. The van der Waals surface area contributed by atoms with E-state index in [1.165, 1.54) is 11.8 Å². The third kappa shape index (κ3) is 3.78. The number of hydrogen-bond acceptors (Lipinski definition) is 6. The zero-order chi connectivity index (χ0) is 21.9. The van der Waals surface area contributed by atoms with Gasteiger partial charge in [-0.15, -0.1) is 10.2 Å². The van der Waals surface area contributed by atoms with E-state index in [-0.39, 0.29) is 17.7 Å². The van der Waals surface area contributed by atoms with Crippen molar-refractivity contribution in [1.82, 2.24) is 14.8 Å². The summed E-state index contributed by atoms with van der Waals surface area (Å²) in [7, 11) is 0. The molecule has 32 heavy (non-hydrogen) atoms. The summed E-state index contributed by atoms with van der Waals surface area (Å²) >= 11 is 1.38. The van der Waals surface area contributed by atoms with Crippen molar-refractivity contribution in [3.63, 3.8) is 0 Å². The van der Waals surface area contributed by atoms with Crippen molar-refractivity contribution >= 4 is 23.4 Å². The lowest BCUT2D eigenvalue weighted by molar-refractivity contribution is -0.117. The minimum Gasteiger partial charge on any atom is -0.489 e. The first-order valence-corrected chi connectivity index (χ1v) is 11.4. The number of ether oxygens (including phenoxy) is 1. The monoisotopic (exact) mass is 446 g/mol. The maximum absolute atomic E-state index is 13.5. The Kier molecular flexibility index (Phi) is 5.68. The number of furan rings is 1. The van der Waals surface area contributed by atoms with Crippen LogP contribution in [-0.4, -0.2) is 33.0 Å². The summed E-state index contributed by atoms with van der Waals surface area (Å²) in [5.74, 6) is 2.25. The number of carbonyl (C=O) groups is 1. The predicted octanol–water partition coefficient (Wildman–Crippen LogP) is 4.82. The Hall–Kier alpha value is -3.52. The summed E-state index contributed by atoms with van der Waals surface area (Å²) in [5, 5.41) is 9.26. The van der Waals surface area contributed by atoms with E-state index in [0.717, 1.165) is 17.0 Å². The number of fused-ring (bicyclic) bond motifs is 1. The highest BCUT2D eigenvalue weighted by Crippen LogP contribution is 2.40. The molecule has 1 amide bonds. The van der Waals surface area contributed by atoms with Gasteiger partial charge in [0.2, 0.25) is 5.91 Å². The molecule has 0 radical (unpaired) electrons. The normalized spacial score (nSPS) is 15.3. The summed E-state index contributed by atoms with van der Waals surface area (Å²) in [6.07, 6.45) is 1.61. The maximum Gasteiger partial charge on any atom is 0.238 e. The van der Waals surface area contributed by atoms with Gasteiger partial charge in [0.1, 0.15) is 12.4 Å². The van der Waals surface area contributed by atoms with Crippen LogP contribution in [0.15, 0.2) is 82.6 Å². The van der Waals surface area contributed by atoms with Crippen molar-refractivity contribution in [1.29, 1.82) is 0 Å². The Balaban J connectivity index is 1.41. The van der Waals surface area contributed by atoms with E-state index in [1.54, 1.807) is 6.26 Å². The van der Waals surface area contributed by atoms with Crippen molar-refractivity contribution < 1.29 is 13.9 Å². The lowest BCUT2D eigenvalue weighted by Crippen LogP contribution is -2.42. The Morgan fingerprint density at radius 2 is 1.88 bits per heavy atom. The predicted molar refractivity (Wildman–Crippen MR) is 123 cm³/mol. The van der Waals surface area contributed by atoms with Crippen molar-refractivity contribution in [3.8, 4) is 17.3 Å². The Morgan fingerprint density at radius 3 is 2.66 bits per heavy atom. The van der Waals surface area contributed by atoms with E-state index in [4.69, 9.17) is 9.15 Å². The van der Waals surface area contributed by atoms with Gasteiger partial charge in [0.05, 0.1) is 23.7 Å². The maximum atomic E-state index is 13.5. The first-order valence-electron chi connectivity index (χ1n) is 10.4. The van der Waals surface area contributed by atoms with Crippen LogP contribution in [0.25, 0.3) is 11.6 Å². The van der Waals surface area contributed by atoms with Crippen LogP contribution < -0.4 is 9.64 Å². The smallest absolute Gasteiger partial charge is 0.238 e. The highest BCUT2D eigenvalue weighted by Gasteiger charge is 2.33. The Labute approximate surface area is 190 Å². The van der Waals surface area contributed by atoms with Crippen LogP contribution in [-0.2, 0) is 11.3 Å². The standard InChI is InChI=1S/C24H22N4O3S/c1-2-27-23(21-13-8-14-30-21)25-26-24(27)32-16-22(29)28-18-11-6-7-12-20(18)31-15-19(28)17-9-4-3-5-10-17/h3-14,19H,2,15-16H2,1H3/t19-/m0/s1. The molecule has 1 aliphatic heterocycles. The van der Waals surface area contributed by atoms with Gasteiger partial charge in [-0.2, -0.15) is 0 Å². The molecule has 0 spiro atoms. The van der Waals surface area contributed by atoms with Gasteiger partial charge in [0.15, 0.2) is 16.7 Å². The van der Waals surface area contributed by atoms with Gasteiger partial charge in [-0.05, 0) is 36.8 Å². The number of thioether (sulfide) groups is 1. The molecule has 162 valence electrons. The quantitative estimate of drug-likeness (QED) is 0.396. The van der Waals surface area contributed by atoms with Crippen LogP contribution in [0.2, 0.25) is 0 Å². The number of benzene rings is 2. The molecule has 2 aromatic carbocycles. The lowest BCUT2D eigenvalue weighted by atomic mass is 10.0. The molecule has 0 N–H and O–H groups in total. The fourth-order valence-corrected chi connectivity index (χ4v) is 4.74. The number of rotatable bonds is 6. The SMILES string of the molecule is CCn1c(SCC(=O)N2c3ccccc3OC[C@H]2c2ccccc2)nnc1-c1ccco1. The molecule has 5 rings (SSSR count). The number of aromatic nitrogens is 3. The number of amides is 1. The topological polar surface area (TPSA) is 73.4 Å². The van der Waals surface area contributed by atoms with Crippen molar-refractivity contribution in [2.45, 2.75) is 24.7 Å². The Bertz CT molecular complexity index is 1210. The fourth-order valence-electron chi connectivity index (χ4n) is 3.88. The number of carbonyl (C=O) groups excluding carboxylic acids is 1. The van der Waals surface area contributed by atoms with Gasteiger partial charge in [0.25, 0.3) is 0 Å². The van der Waals surface area contributed by atoms with Crippen LogP contribution in [0.1, 0.15) is 18.5 Å². The summed E-state index contributed by atoms with van der Waals surface area (Å²) in [4.78, 5) is 15.4. The molecular weight excluding hydrogens is 424 g/mol. The van der Waals surface area contributed by atoms with E-state index in [2.05, 4.69) is 10.2 Å². The minimum atomic E-state index is -0.193. The second-order valence-corrected chi connectivity index (χ2v) is 8.23. The first kappa shape index (κ1) is 20.4. The van der Waals surface area contributed by atoms with E-state index >= 15 is 0 Å². The molecule has 7 nitrogen and oxygen atoms in total. The van der Waals surface area contributed by atoms with E-state index in [0.29, 0.717) is 29.9 Å².